The summed E-state index contributed by atoms with van der Waals surface area (Å²) in [6.45, 7) is 10.3. The van der Waals surface area contributed by atoms with Crippen LogP contribution in [-0.4, -0.2) is 46.5 Å². The predicted molar refractivity (Wildman–Crippen MR) is 113 cm³/mol. The standard InChI is InChI=1S/C21H31N5O3/c1-6-26(16-7-9-29-10-8-16)21-15(4)18(24-25(21)5)20(28)22-12-17-13(2)11-14(3)23-19(17)27/h11,16H,6-10,12H2,1-5H3,(H,22,28)(H,23,27). The second kappa shape index (κ2) is 8.82. The smallest absolute Gasteiger partial charge is 0.272 e. The van der Waals surface area contributed by atoms with Gasteiger partial charge in [-0.1, -0.05) is 0 Å². The Morgan fingerprint density at radius 2 is 2.03 bits per heavy atom. The lowest BCUT2D eigenvalue weighted by atomic mass is 10.1. The molecule has 3 heterocycles. The molecule has 0 aliphatic carbocycles. The first kappa shape index (κ1) is 21.1. The molecule has 1 saturated heterocycles. The van der Waals surface area contributed by atoms with Gasteiger partial charge in [-0.15, -0.1) is 0 Å². The molecule has 2 aromatic heterocycles. The molecule has 1 aliphatic rings. The van der Waals surface area contributed by atoms with Crippen LogP contribution in [0.5, 0.6) is 0 Å². The van der Waals surface area contributed by atoms with E-state index in [1.807, 2.05) is 33.9 Å². The number of amides is 1. The highest BCUT2D eigenvalue weighted by Gasteiger charge is 2.27. The van der Waals surface area contributed by atoms with Gasteiger partial charge in [0.1, 0.15) is 5.82 Å². The Balaban J connectivity index is 1.80. The second-order valence-corrected chi connectivity index (χ2v) is 7.68. The monoisotopic (exact) mass is 401 g/mol. The Labute approximate surface area is 171 Å². The zero-order valence-corrected chi connectivity index (χ0v) is 18.0. The maximum atomic E-state index is 12.8. The van der Waals surface area contributed by atoms with Crippen molar-refractivity contribution in [3.8, 4) is 0 Å². The number of hydrogen-bond acceptors (Lipinski definition) is 5. The number of nitrogens with one attached hydrogen (secondary N) is 2. The zero-order chi connectivity index (χ0) is 21.1. The molecule has 158 valence electrons. The number of aryl methyl sites for hydroxylation is 3. The summed E-state index contributed by atoms with van der Waals surface area (Å²) >= 11 is 0. The lowest BCUT2D eigenvalue weighted by Crippen LogP contribution is -2.40. The number of carbonyl (C=O) groups is 1. The quantitative estimate of drug-likeness (QED) is 0.772. The molecule has 0 spiro atoms. The van der Waals surface area contributed by atoms with Crippen molar-refractivity contribution in [2.24, 2.45) is 7.05 Å². The molecule has 2 aromatic rings. The molecule has 0 bridgehead atoms. The summed E-state index contributed by atoms with van der Waals surface area (Å²) in [5.41, 5.74) is 3.32. The summed E-state index contributed by atoms with van der Waals surface area (Å²) in [7, 11) is 1.87. The van der Waals surface area contributed by atoms with Crippen LogP contribution < -0.4 is 15.8 Å². The van der Waals surface area contributed by atoms with Crippen LogP contribution in [0.4, 0.5) is 5.82 Å². The van der Waals surface area contributed by atoms with Crippen molar-refractivity contribution in [3.63, 3.8) is 0 Å². The Morgan fingerprint density at radius 3 is 2.66 bits per heavy atom. The van der Waals surface area contributed by atoms with Gasteiger partial charge in [0.15, 0.2) is 5.69 Å². The number of pyridine rings is 1. The van der Waals surface area contributed by atoms with Gasteiger partial charge in [-0.2, -0.15) is 5.10 Å². The van der Waals surface area contributed by atoms with Crippen LogP contribution in [0.2, 0.25) is 0 Å². The molecule has 0 saturated carbocycles. The van der Waals surface area contributed by atoms with E-state index in [1.54, 1.807) is 4.68 Å². The topological polar surface area (TPSA) is 92.3 Å². The van der Waals surface area contributed by atoms with Crippen LogP contribution in [0.15, 0.2) is 10.9 Å². The highest BCUT2D eigenvalue weighted by molar-refractivity contribution is 5.95. The number of anilines is 1. The van der Waals surface area contributed by atoms with Crippen molar-refractivity contribution in [2.45, 2.75) is 53.1 Å². The minimum absolute atomic E-state index is 0.169. The Morgan fingerprint density at radius 1 is 1.34 bits per heavy atom. The van der Waals surface area contributed by atoms with Crippen molar-refractivity contribution in [3.05, 3.63) is 44.5 Å². The fraction of sp³-hybridized carbons (Fsp3) is 0.571. The lowest BCUT2D eigenvalue weighted by Gasteiger charge is -2.35. The highest BCUT2D eigenvalue weighted by atomic mass is 16.5. The van der Waals surface area contributed by atoms with Gasteiger partial charge in [-0.25, -0.2) is 0 Å². The summed E-state index contributed by atoms with van der Waals surface area (Å²) in [6, 6.07) is 2.28. The molecule has 8 heteroatoms. The second-order valence-electron chi connectivity index (χ2n) is 7.68. The van der Waals surface area contributed by atoms with Gasteiger partial charge in [0.25, 0.3) is 11.5 Å². The molecule has 3 rings (SSSR count). The first-order valence-corrected chi connectivity index (χ1v) is 10.2. The molecule has 29 heavy (non-hydrogen) atoms. The normalized spacial score (nSPS) is 14.8. The van der Waals surface area contributed by atoms with Crippen molar-refractivity contribution < 1.29 is 9.53 Å². The van der Waals surface area contributed by atoms with Gasteiger partial charge in [0.2, 0.25) is 0 Å². The van der Waals surface area contributed by atoms with Gasteiger partial charge >= 0.3 is 0 Å². The average Bonchev–Trinajstić information content (AvgIpc) is 2.97. The molecular weight excluding hydrogens is 370 g/mol. The molecule has 0 unspecified atom stereocenters. The third-order valence-corrected chi connectivity index (χ3v) is 5.63. The summed E-state index contributed by atoms with van der Waals surface area (Å²) in [5, 5.41) is 7.35. The van der Waals surface area contributed by atoms with E-state index in [0.29, 0.717) is 17.3 Å². The SMILES string of the molecule is CCN(c1c(C)c(C(=O)NCc2c(C)cc(C)[nH]c2=O)nn1C)C1CCOCC1. The van der Waals surface area contributed by atoms with Crippen LogP contribution in [0.3, 0.4) is 0 Å². The van der Waals surface area contributed by atoms with E-state index in [4.69, 9.17) is 4.74 Å². The number of aromatic nitrogens is 3. The minimum atomic E-state index is -0.272. The van der Waals surface area contributed by atoms with E-state index in [2.05, 4.69) is 27.2 Å². The number of carbonyl (C=O) groups excluding carboxylic acids is 1. The van der Waals surface area contributed by atoms with Crippen molar-refractivity contribution in [2.75, 3.05) is 24.7 Å². The summed E-state index contributed by atoms with van der Waals surface area (Å²) in [4.78, 5) is 30.1. The molecular formula is C21H31N5O3. The van der Waals surface area contributed by atoms with Crippen molar-refractivity contribution >= 4 is 11.7 Å². The number of aromatic amines is 1. The largest absolute Gasteiger partial charge is 0.381 e. The highest BCUT2D eigenvalue weighted by Crippen LogP contribution is 2.27. The van der Waals surface area contributed by atoms with Crippen molar-refractivity contribution in [1.82, 2.24) is 20.1 Å². The van der Waals surface area contributed by atoms with Crippen LogP contribution in [0, 0.1) is 20.8 Å². The Kier molecular flexibility index (Phi) is 6.42. The Bertz CT molecular complexity index is 941. The van der Waals surface area contributed by atoms with E-state index < -0.39 is 0 Å². The maximum absolute atomic E-state index is 12.8. The fourth-order valence-corrected chi connectivity index (χ4v) is 4.17. The van der Waals surface area contributed by atoms with Crippen LogP contribution in [0.25, 0.3) is 0 Å². The van der Waals surface area contributed by atoms with E-state index in [-0.39, 0.29) is 18.0 Å². The summed E-state index contributed by atoms with van der Waals surface area (Å²) in [6.07, 6.45) is 1.94. The van der Waals surface area contributed by atoms with E-state index >= 15 is 0 Å². The lowest BCUT2D eigenvalue weighted by molar-refractivity contribution is 0.0843. The molecule has 2 N–H and O–H groups in total. The number of H-pyrrole nitrogens is 1. The third kappa shape index (κ3) is 4.37. The molecule has 1 fully saturated rings. The van der Waals surface area contributed by atoms with Crippen LogP contribution >= 0.6 is 0 Å². The molecule has 1 aliphatic heterocycles. The van der Waals surface area contributed by atoms with E-state index in [1.165, 1.54) is 0 Å². The molecule has 0 aromatic carbocycles. The summed E-state index contributed by atoms with van der Waals surface area (Å²) in [5.74, 6) is 0.695. The van der Waals surface area contributed by atoms with Gasteiger partial charge in [0.05, 0.1) is 0 Å². The third-order valence-electron chi connectivity index (χ3n) is 5.63. The van der Waals surface area contributed by atoms with Crippen molar-refractivity contribution in [1.29, 1.82) is 0 Å². The van der Waals surface area contributed by atoms with Gasteiger partial charge in [-0.05, 0) is 52.2 Å². The number of rotatable bonds is 6. The van der Waals surface area contributed by atoms with Gasteiger partial charge < -0.3 is 19.9 Å². The first-order chi connectivity index (χ1) is 13.8. The van der Waals surface area contributed by atoms with Crippen LogP contribution in [0.1, 0.15) is 52.6 Å². The Hall–Kier alpha value is -2.61. The molecule has 0 atom stereocenters. The average molecular weight is 402 g/mol. The number of nitrogens with zero attached hydrogens (tertiary/aromatic N) is 3. The van der Waals surface area contributed by atoms with Gasteiger partial charge in [0, 0.05) is 56.2 Å². The number of hydrogen-bond donors (Lipinski definition) is 2. The van der Waals surface area contributed by atoms with E-state index in [0.717, 1.165) is 55.2 Å². The first-order valence-electron chi connectivity index (χ1n) is 10.2. The predicted octanol–water partition coefficient (Wildman–Crippen LogP) is 1.97. The molecule has 0 radical (unpaired) electrons. The van der Waals surface area contributed by atoms with Gasteiger partial charge in [-0.3, -0.25) is 14.3 Å². The molecule has 8 nitrogen and oxygen atoms in total. The number of ether oxygens (including phenoxy) is 1. The minimum Gasteiger partial charge on any atom is -0.381 e. The van der Waals surface area contributed by atoms with E-state index in [9.17, 15) is 9.59 Å². The fourth-order valence-electron chi connectivity index (χ4n) is 4.17. The summed E-state index contributed by atoms with van der Waals surface area (Å²) < 4.78 is 7.28. The van der Waals surface area contributed by atoms with Crippen LogP contribution in [-0.2, 0) is 18.3 Å². The maximum Gasteiger partial charge on any atom is 0.272 e. The zero-order valence-electron chi connectivity index (χ0n) is 18.0. The molecule has 1 amide bonds.